The van der Waals surface area contributed by atoms with Crippen molar-refractivity contribution < 1.29 is 32.3 Å². The maximum Gasteiger partial charge on any atom is 1.00 e. The quantitative estimate of drug-likeness (QED) is 0.642. The summed E-state index contributed by atoms with van der Waals surface area (Å²) in [6.45, 7) is 0. The number of rotatable bonds is 4. The van der Waals surface area contributed by atoms with Gasteiger partial charge in [-0.25, -0.2) is 0 Å². The Labute approximate surface area is 80.3 Å². The van der Waals surface area contributed by atoms with Gasteiger partial charge in [-0.05, 0) is 18.4 Å². The molecule has 0 aliphatic rings. The Balaban J connectivity index is 0. The maximum atomic E-state index is 9.96. The van der Waals surface area contributed by atoms with Gasteiger partial charge in [0.25, 0.3) is 0 Å². The molecule has 0 heterocycles. The monoisotopic (exact) mass is 255 g/mol. The van der Waals surface area contributed by atoms with Crippen molar-refractivity contribution >= 4 is 17.7 Å². The van der Waals surface area contributed by atoms with E-state index in [0.29, 0.717) is 6.42 Å². The van der Waals surface area contributed by atoms with Crippen molar-refractivity contribution in [2.24, 2.45) is 5.73 Å². The fourth-order valence-electron chi connectivity index (χ4n) is 0.363. The van der Waals surface area contributed by atoms with Crippen molar-refractivity contribution in [2.45, 2.75) is 12.5 Å². The number of thioether (sulfide) groups is 1. The molecule has 0 aromatic rings. The van der Waals surface area contributed by atoms with Crippen LogP contribution in [-0.2, 0) is 27.2 Å². The molecule has 0 aliphatic carbocycles. The molecule has 0 fully saturated rings. The van der Waals surface area contributed by atoms with Gasteiger partial charge in [-0.15, -0.1) is 0 Å². The van der Waals surface area contributed by atoms with Crippen LogP contribution in [0.2, 0.25) is 0 Å². The maximum absolute atomic E-state index is 9.96. The van der Waals surface area contributed by atoms with Gasteiger partial charge in [0.15, 0.2) is 0 Å². The van der Waals surface area contributed by atoms with Crippen LogP contribution in [0.4, 0.5) is 0 Å². The molecule has 0 amide bonds. The van der Waals surface area contributed by atoms with Gasteiger partial charge in [-0.3, -0.25) is 0 Å². The van der Waals surface area contributed by atoms with Crippen molar-refractivity contribution in [3.63, 3.8) is 0 Å². The molecule has 2 N–H and O–H groups in total. The Kier molecular flexibility index (Phi) is 10.0. The van der Waals surface area contributed by atoms with Crippen molar-refractivity contribution in [3.05, 3.63) is 0 Å². The van der Waals surface area contributed by atoms with Crippen LogP contribution in [-0.4, -0.2) is 24.0 Å². The Morgan fingerprint density at radius 1 is 1.80 bits per heavy atom. The SMILES string of the molecule is CSCC[C@H](N)C(=O)[O-].[Ag+]. The summed E-state index contributed by atoms with van der Waals surface area (Å²) in [5.74, 6) is -0.390. The number of hydrogen-bond acceptors (Lipinski definition) is 4. The number of aliphatic carboxylic acids is 1. The minimum Gasteiger partial charge on any atom is -0.548 e. The number of carbonyl (C=O) groups excluding carboxylic acids is 1. The Morgan fingerprint density at radius 3 is 2.60 bits per heavy atom. The van der Waals surface area contributed by atoms with Crippen LogP contribution >= 0.6 is 11.8 Å². The smallest absolute Gasteiger partial charge is 0.548 e. The third kappa shape index (κ3) is 6.64. The largest absolute Gasteiger partial charge is 1.00 e. The van der Waals surface area contributed by atoms with E-state index in [-0.39, 0.29) is 22.4 Å². The summed E-state index contributed by atoms with van der Waals surface area (Å²) in [4.78, 5) is 9.96. The molecule has 5 heteroatoms. The number of carboxylic acids is 1. The summed E-state index contributed by atoms with van der Waals surface area (Å²) < 4.78 is 0. The molecule has 1 atom stereocenters. The summed E-state index contributed by atoms with van der Waals surface area (Å²) in [6, 6.07) is -0.794. The van der Waals surface area contributed by atoms with Crippen LogP contribution in [0.5, 0.6) is 0 Å². The molecular formula is C5H10AgNO2S. The molecule has 0 unspecified atom stereocenters. The summed E-state index contributed by atoms with van der Waals surface area (Å²) in [5.41, 5.74) is 5.13. The average molecular weight is 256 g/mol. The zero-order valence-electron chi connectivity index (χ0n) is 5.60. The van der Waals surface area contributed by atoms with E-state index in [1.807, 2.05) is 6.26 Å². The van der Waals surface area contributed by atoms with E-state index in [0.717, 1.165) is 5.75 Å². The molecule has 0 rings (SSSR count). The topological polar surface area (TPSA) is 66.2 Å². The number of carboxylic acid groups (broad SMARTS) is 1. The van der Waals surface area contributed by atoms with E-state index in [9.17, 15) is 9.90 Å². The molecule has 3 nitrogen and oxygen atoms in total. The molecule has 10 heavy (non-hydrogen) atoms. The number of carbonyl (C=O) groups is 1. The molecule has 0 spiro atoms. The first kappa shape index (κ1) is 13.1. The van der Waals surface area contributed by atoms with Gasteiger partial charge in [-0.1, -0.05) is 0 Å². The van der Waals surface area contributed by atoms with Gasteiger partial charge in [0.2, 0.25) is 0 Å². The van der Waals surface area contributed by atoms with E-state index in [4.69, 9.17) is 5.73 Å². The van der Waals surface area contributed by atoms with Gasteiger partial charge in [0.1, 0.15) is 0 Å². The number of hydrogen-bond donors (Lipinski definition) is 1. The molecule has 0 aromatic carbocycles. The van der Waals surface area contributed by atoms with Gasteiger partial charge >= 0.3 is 22.4 Å². The second-order valence-electron chi connectivity index (χ2n) is 1.71. The fraction of sp³-hybridized carbons (Fsp3) is 0.800. The van der Waals surface area contributed by atoms with E-state index >= 15 is 0 Å². The summed E-state index contributed by atoms with van der Waals surface area (Å²) in [5, 5.41) is 9.96. The van der Waals surface area contributed by atoms with E-state index in [2.05, 4.69) is 0 Å². The van der Waals surface area contributed by atoms with Crippen molar-refractivity contribution in [1.82, 2.24) is 0 Å². The van der Waals surface area contributed by atoms with Crippen LogP contribution in [0.15, 0.2) is 0 Å². The average Bonchev–Trinajstić information content (AvgIpc) is 1.82. The first-order valence-electron chi connectivity index (χ1n) is 2.64. The molecule has 0 saturated carbocycles. The third-order valence-corrected chi connectivity index (χ3v) is 1.58. The normalized spacial score (nSPS) is 11.8. The molecular weight excluding hydrogens is 246 g/mol. The minimum atomic E-state index is -1.16. The predicted molar refractivity (Wildman–Crippen MR) is 36.0 cm³/mol. The van der Waals surface area contributed by atoms with Crippen molar-refractivity contribution in [2.75, 3.05) is 12.0 Å². The predicted octanol–water partition coefficient (Wildman–Crippen LogP) is -1.19. The second-order valence-corrected chi connectivity index (χ2v) is 2.69. The first-order valence-corrected chi connectivity index (χ1v) is 4.03. The van der Waals surface area contributed by atoms with Gasteiger partial charge in [-0.2, -0.15) is 11.8 Å². The third-order valence-electron chi connectivity index (χ3n) is 0.936. The van der Waals surface area contributed by atoms with Crippen LogP contribution in [0.3, 0.4) is 0 Å². The van der Waals surface area contributed by atoms with Crippen LogP contribution in [0, 0.1) is 0 Å². The Morgan fingerprint density at radius 2 is 2.30 bits per heavy atom. The van der Waals surface area contributed by atoms with Gasteiger partial charge < -0.3 is 15.6 Å². The molecule has 0 radical (unpaired) electrons. The minimum absolute atomic E-state index is 0. The fourth-order valence-corrected chi connectivity index (χ4v) is 0.852. The van der Waals surface area contributed by atoms with E-state index in [1.165, 1.54) is 0 Å². The van der Waals surface area contributed by atoms with Gasteiger partial charge in [0, 0.05) is 6.04 Å². The summed E-state index contributed by atoms with van der Waals surface area (Å²) in [6.07, 6.45) is 2.39. The molecule has 0 aromatic heterocycles. The second kappa shape index (κ2) is 7.63. The van der Waals surface area contributed by atoms with E-state index < -0.39 is 12.0 Å². The molecule has 0 bridgehead atoms. The van der Waals surface area contributed by atoms with Crippen molar-refractivity contribution in [3.8, 4) is 0 Å². The summed E-state index contributed by atoms with van der Waals surface area (Å²) in [7, 11) is 0. The Hall–Kier alpha value is 0.520. The van der Waals surface area contributed by atoms with E-state index in [1.54, 1.807) is 11.8 Å². The summed E-state index contributed by atoms with van der Waals surface area (Å²) >= 11 is 1.58. The van der Waals surface area contributed by atoms with Gasteiger partial charge in [0.05, 0.1) is 5.97 Å². The zero-order chi connectivity index (χ0) is 7.28. The van der Waals surface area contributed by atoms with Crippen LogP contribution < -0.4 is 10.8 Å². The van der Waals surface area contributed by atoms with Crippen LogP contribution in [0.25, 0.3) is 0 Å². The standard InChI is InChI=1S/C5H11NO2S.Ag/c1-9-3-2-4(6)5(7)8;/h4H,2-3,6H2,1H3,(H,7,8);/q;+1/p-1/t4-;/m0./s1. The molecule has 64 valence electrons. The first-order chi connectivity index (χ1) is 4.18. The van der Waals surface area contributed by atoms with Crippen LogP contribution in [0.1, 0.15) is 6.42 Å². The zero-order valence-corrected chi connectivity index (χ0v) is 7.89. The molecule has 0 saturated heterocycles. The number of nitrogens with two attached hydrogens (primary N) is 1. The Bertz CT molecular complexity index is 102. The molecule has 0 aliphatic heterocycles. The van der Waals surface area contributed by atoms with Crippen molar-refractivity contribution in [1.29, 1.82) is 0 Å².